The van der Waals surface area contributed by atoms with Gasteiger partial charge in [0, 0.05) is 0 Å². The van der Waals surface area contributed by atoms with Crippen LogP contribution in [0.15, 0.2) is 60.7 Å². The topological polar surface area (TPSA) is 78.5 Å². The molecule has 32 heavy (non-hydrogen) atoms. The maximum atomic E-state index is 13.7. The summed E-state index contributed by atoms with van der Waals surface area (Å²) in [4.78, 5) is 38.7. The molecule has 0 aliphatic carbocycles. The van der Waals surface area contributed by atoms with Crippen molar-refractivity contribution in [2.24, 2.45) is 0 Å². The molecule has 1 saturated heterocycles. The quantitative estimate of drug-likeness (QED) is 0.597. The fourth-order valence-electron chi connectivity index (χ4n) is 3.83. The molecule has 2 atom stereocenters. The van der Waals surface area contributed by atoms with Crippen molar-refractivity contribution < 1.29 is 23.2 Å². The third-order valence-corrected chi connectivity index (χ3v) is 5.72. The van der Waals surface area contributed by atoms with Crippen molar-refractivity contribution in [1.82, 2.24) is 15.5 Å². The molecule has 1 aliphatic heterocycles. The molecular weight excluding hydrogens is 416 g/mol. The highest BCUT2D eigenvalue weighted by molar-refractivity contribution is 6.09. The van der Waals surface area contributed by atoms with Gasteiger partial charge in [-0.2, -0.15) is 0 Å². The van der Waals surface area contributed by atoms with Crippen LogP contribution < -0.4 is 10.6 Å². The zero-order chi connectivity index (χ0) is 23.0. The number of amides is 4. The zero-order valence-electron chi connectivity index (χ0n) is 17.5. The maximum Gasteiger partial charge on any atom is 0.325 e. The molecule has 0 spiro atoms. The molecular formula is C24H21F2N3O3. The summed E-state index contributed by atoms with van der Waals surface area (Å²) >= 11 is 0. The second-order valence-electron chi connectivity index (χ2n) is 7.97. The van der Waals surface area contributed by atoms with Gasteiger partial charge in [-0.1, -0.05) is 42.5 Å². The van der Waals surface area contributed by atoms with Crippen LogP contribution in [0.4, 0.5) is 13.6 Å². The average Bonchev–Trinajstić information content (AvgIpc) is 2.99. The average molecular weight is 437 g/mol. The summed E-state index contributed by atoms with van der Waals surface area (Å²) in [5.74, 6) is -3.44. The van der Waals surface area contributed by atoms with Gasteiger partial charge in [-0.15, -0.1) is 0 Å². The lowest BCUT2D eigenvalue weighted by Gasteiger charge is -2.22. The van der Waals surface area contributed by atoms with Crippen LogP contribution in [0.5, 0.6) is 0 Å². The number of nitrogens with one attached hydrogen (secondary N) is 2. The van der Waals surface area contributed by atoms with E-state index < -0.39 is 41.6 Å². The molecule has 1 fully saturated rings. The summed E-state index contributed by atoms with van der Waals surface area (Å²) in [7, 11) is 0. The number of carbonyl (C=O) groups excluding carboxylic acids is 3. The first kappa shape index (κ1) is 21.4. The summed E-state index contributed by atoms with van der Waals surface area (Å²) in [6.07, 6.45) is 0. The molecule has 164 valence electrons. The molecule has 0 unspecified atom stereocenters. The molecule has 1 aliphatic rings. The summed E-state index contributed by atoms with van der Waals surface area (Å²) in [6, 6.07) is 15.5. The summed E-state index contributed by atoms with van der Waals surface area (Å²) in [5, 5.41) is 7.37. The number of hydrogen-bond donors (Lipinski definition) is 2. The Kier molecular flexibility index (Phi) is 5.38. The third kappa shape index (κ3) is 3.79. The van der Waals surface area contributed by atoms with Crippen LogP contribution in [0.2, 0.25) is 0 Å². The number of nitrogens with zero attached hydrogens (tertiary/aromatic N) is 1. The fourth-order valence-corrected chi connectivity index (χ4v) is 3.83. The first-order valence-electron chi connectivity index (χ1n) is 10.1. The van der Waals surface area contributed by atoms with Crippen LogP contribution in [0.25, 0.3) is 10.8 Å². The van der Waals surface area contributed by atoms with Gasteiger partial charge >= 0.3 is 6.03 Å². The van der Waals surface area contributed by atoms with Gasteiger partial charge in [-0.25, -0.2) is 13.6 Å². The molecule has 0 saturated carbocycles. The number of carbonyl (C=O) groups is 3. The fraction of sp³-hybridized carbons (Fsp3) is 0.208. The third-order valence-electron chi connectivity index (χ3n) is 5.72. The van der Waals surface area contributed by atoms with E-state index >= 15 is 0 Å². The molecule has 0 bridgehead atoms. The van der Waals surface area contributed by atoms with Gasteiger partial charge in [0.25, 0.3) is 5.91 Å². The minimum absolute atomic E-state index is 0.0854. The van der Waals surface area contributed by atoms with E-state index in [4.69, 9.17) is 0 Å². The van der Waals surface area contributed by atoms with Crippen LogP contribution in [0.1, 0.15) is 31.0 Å². The Morgan fingerprint density at radius 1 is 1.03 bits per heavy atom. The first-order chi connectivity index (χ1) is 15.2. The number of urea groups is 1. The predicted octanol–water partition coefficient (Wildman–Crippen LogP) is 3.76. The highest BCUT2D eigenvalue weighted by Gasteiger charge is 2.49. The van der Waals surface area contributed by atoms with Gasteiger partial charge in [0.05, 0.1) is 6.04 Å². The van der Waals surface area contributed by atoms with E-state index in [1.807, 2.05) is 42.5 Å². The van der Waals surface area contributed by atoms with Crippen molar-refractivity contribution in [3.05, 3.63) is 83.4 Å². The number of imide groups is 1. The van der Waals surface area contributed by atoms with Crippen molar-refractivity contribution >= 4 is 28.6 Å². The summed E-state index contributed by atoms with van der Waals surface area (Å²) in [5.41, 5.74) is -0.640. The minimum atomic E-state index is -1.60. The van der Waals surface area contributed by atoms with E-state index in [2.05, 4.69) is 10.6 Å². The lowest BCUT2D eigenvalue weighted by atomic mass is 9.92. The van der Waals surface area contributed by atoms with Crippen molar-refractivity contribution in [2.75, 3.05) is 6.54 Å². The van der Waals surface area contributed by atoms with E-state index in [0.29, 0.717) is 0 Å². The molecule has 4 amide bonds. The highest BCUT2D eigenvalue weighted by atomic mass is 19.2. The zero-order valence-corrected chi connectivity index (χ0v) is 17.5. The first-order valence-corrected chi connectivity index (χ1v) is 10.1. The molecule has 8 heteroatoms. The Balaban J connectivity index is 1.47. The van der Waals surface area contributed by atoms with Gasteiger partial charge in [0.15, 0.2) is 11.6 Å². The molecule has 3 aromatic carbocycles. The Hall–Kier alpha value is -3.81. The van der Waals surface area contributed by atoms with Gasteiger partial charge in [0.1, 0.15) is 12.1 Å². The van der Waals surface area contributed by atoms with Crippen molar-refractivity contribution in [3.63, 3.8) is 0 Å². The van der Waals surface area contributed by atoms with Crippen LogP contribution in [0, 0.1) is 11.6 Å². The Labute approximate surface area is 183 Å². The van der Waals surface area contributed by atoms with E-state index in [1.165, 1.54) is 13.0 Å². The monoisotopic (exact) mass is 437 g/mol. The number of fused-ring (bicyclic) bond motifs is 1. The second-order valence-corrected chi connectivity index (χ2v) is 7.97. The molecule has 0 radical (unpaired) electrons. The maximum absolute atomic E-state index is 13.7. The standard InChI is InChI=1S/C24H21F2N3O3/c1-14(16-8-7-15-5-3-4-6-17(15)11-16)27-21(30)13-29-22(31)24(2,28-23(29)32)18-9-10-19(25)20(26)12-18/h3-12,14H,13H2,1-2H3,(H,27,30)(H,28,32)/t14-,24+/m0/s1. The lowest BCUT2D eigenvalue weighted by Crippen LogP contribution is -2.43. The number of hydrogen-bond acceptors (Lipinski definition) is 3. The number of benzene rings is 3. The van der Waals surface area contributed by atoms with Crippen molar-refractivity contribution in [2.45, 2.75) is 25.4 Å². The normalized spacial score (nSPS) is 19.2. The van der Waals surface area contributed by atoms with E-state index in [9.17, 15) is 23.2 Å². The van der Waals surface area contributed by atoms with Gasteiger partial charge in [0.2, 0.25) is 5.91 Å². The van der Waals surface area contributed by atoms with Crippen LogP contribution in [-0.2, 0) is 15.1 Å². The van der Waals surface area contributed by atoms with Crippen LogP contribution in [-0.4, -0.2) is 29.3 Å². The molecule has 1 heterocycles. The van der Waals surface area contributed by atoms with Gasteiger partial charge in [-0.05, 0) is 53.9 Å². The Bertz CT molecular complexity index is 1250. The number of halogens is 2. The van der Waals surface area contributed by atoms with Crippen molar-refractivity contribution in [1.29, 1.82) is 0 Å². The highest BCUT2D eigenvalue weighted by Crippen LogP contribution is 2.29. The second kappa shape index (κ2) is 8.03. The Morgan fingerprint density at radius 2 is 1.75 bits per heavy atom. The van der Waals surface area contributed by atoms with Gasteiger partial charge in [-0.3, -0.25) is 14.5 Å². The molecule has 4 rings (SSSR count). The van der Waals surface area contributed by atoms with E-state index in [1.54, 1.807) is 6.92 Å². The molecule has 6 nitrogen and oxygen atoms in total. The molecule has 3 aromatic rings. The summed E-state index contributed by atoms with van der Waals surface area (Å²) < 4.78 is 26.9. The van der Waals surface area contributed by atoms with Gasteiger partial charge < -0.3 is 10.6 Å². The largest absolute Gasteiger partial charge is 0.348 e. The minimum Gasteiger partial charge on any atom is -0.348 e. The van der Waals surface area contributed by atoms with E-state index in [0.717, 1.165) is 33.4 Å². The molecule has 0 aromatic heterocycles. The lowest BCUT2D eigenvalue weighted by molar-refractivity contribution is -0.135. The van der Waals surface area contributed by atoms with Crippen molar-refractivity contribution in [3.8, 4) is 0 Å². The Morgan fingerprint density at radius 3 is 2.47 bits per heavy atom. The SMILES string of the molecule is C[C@H](NC(=O)CN1C(=O)N[C@](C)(c2ccc(F)c(F)c2)C1=O)c1ccc2ccccc2c1. The summed E-state index contributed by atoms with van der Waals surface area (Å²) in [6.45, 7) is 2.69. The predicted molar refractivity (Wildman–Crippen MR) is 114 cm³/mol. The smallest absolute Gasteiger partial charge is 0.325 e. The van der Waals surface area contributed by atoms with Crippen LogP contribution >= 0.6 is 0 Å². The number of rotatable bonds is 5. The van der Waals surface area contributed by atoms with E-state index in [-0.39, 0.29) is 11.6 Å². The van der Waals surface area contributed by atoms with Crippen LogP contribution in [0.3, 0.4) is 0 Å². The molecule has 2 N–H and O–H groups in total.